The highest BCUT2D eigenvalue weighted by Crippen LogP contribution is 2.23. The van der Waals surface area contributed by atoms with Crippen molar-refractivity contribution >= 4 is 46.6 Å². The molecule has 32 heavy (non-hydrogen) atoms. The Morgan fingerprint density at radius 2 is 2.31 bits per heavy atom. The Hall–Kier alpha value is -1.72. The Bertz CT molecular complexity index is 930. The van der Waals surface area contributed by atoms with E-state index in [1.165, 1.54) is 29.2 Å². The van der Waals surface area contributed by atoms with Gasteiger partial charge in [-0.15, -0.1) is 11.3 Å². The first kappa shape index (κ1) is 24.9. The molecule has 0 bridgehead atoms. The lowest BCUT2D eigenvalue weighted by Gasteiger charge is -2.33. The van der Waals surface area contributed by atoms with Crippen LogP contribution in [0.25, 0.3) is 0 Å². The Balaban J connectivity index is 1.37. The van der Waals surface area contributed by atoms with Crippen molar-refractivity contribution in [3.8, 4) is 0 Å². The molecule has 1 atom stereocenters. The fraction of sp³-hybridized carbons (Fsp3) is 0.476. The van der Waals surface area contributed by atoms with Crippen LogP contribution in [-0.2, 0) is 32.0 Å². The number of nitrogens with zero attached hydrogens (tertiary/aromatic N) is 2. The number of esters is 1. The number of halogens is 2. The Morgan fingerprint density at radius 3 is 3.09 bits per heavy atom. The molecule has 1 saturated heterocycles. The van der Waals surface area contributed by atoms with Gasteiger partial charge in [-0.05, 0) is 24.6 Å². The molecule has 0 saturated carbocycles. The Labute approximate surface area is 199 Å². The van der Waals surface area contributed by atoms with Gasteiger partial charge in [0.1, 0.15) is 5.82 Å². The van der Waals surface area contributed by atoms with Crippen LogP contribution in [0.1, 0.15) is 18.2 Å². The van der Waals surface area contributed by atoms with E-state index in [0.29, 0.717) is 38.5 Å². The van der Waals surface area contributed by atoms with Gasteiger partial charge in [0.25, 0.3) is 0 Å². The minimum absolute atomic E-state index is 0.108. The maximum Gasteiger partial charge on any atom is 0.311 e. The number of thioether (sulfide) groups is 1. The summed E-state index contributed by atoms with van der Waals surface area (Å²) in [6, 6.07) is 4.73. The third-order valence-corrected chi connectivity index (χ3v) is 6.99. The highest BCUT2D eigenvalue weighted by atomic mass is 35.5. The van der Waals surface area contributed by atoms with Crippen molar-refractivity contribution in [1.29, 1.82) is 0 Å². The van der Waals surface area contributed by atoms with Crippen LogP contribution in [0.2, 0.25) is 5.02 Å². The molecular weight excluding hydrogens is 477 g/mol. The quantitative estimate of drug-likeness (QED) is 0.395. The fourth-order valence-electron chi connectivity index (χ4n) is 3.15. The molecule has 2 heterocycles. The Morgan fingerprint density at radius 1 is 1.47 bits per heavy atom. The molecule has 3 rings (SSSR count). The van der Waals surface area contributed by atoms with E-state index >= 15 is 0 Å². The van der Waals surface area contributed by atoms with Crippen molar-refractivity contribution in [3.05, 3.63) is 45.7 Å². The average Bonchev–Trinajstić information content (AvgIpc) is 3.21. The van der Waals surface area contributed by atoms with Gasteiger partial charge >= 0.3 is 5.97 Å². The number of ether oxygens (including phenoxy) is 2. The van der Waals surface area contributed by atoms with Crippen molar-refractivity contribution in [3.63, 3.8) is 0 Å². The molecule has 0 unspecified atom stereocenters. The van der Waals surface area contributed by atoms with Crippen LogP contribution in [0.5, 0.6) is 0 Å². The van der Waals surface area contributed by atoms with Gasteiger partial charge in [-0.1, -0.05) is 29.4 Å². The summed E-state index contributed by atoms with van der Waals surface area (Å²) in [6.07, 6.45) is 0.0150. The van der Waals surface area contributed by atoms with E-state index in [9.17, 15) is 14.0 Å². The van der Waals surface area contributed by atoms with E-state index in [1.807, 2.05) is 0 Å². The molecule has 1 amide bonds. The number of morpholine rings is 1. The second kappa shape index (κ2) is 12.5. The highest BCUT2D eigenvalue weighted by Gasteiger charge is 2.21. The summed E-state index contributed by atoms with van der Waals surface area (Å²) in [7, 11) is 0. The SMILES string of the molecule is CCOC(=O)Cc1csc(SCC(=O)NC[C@H]2CN(Cc3ccc(F)c(Cl)c3)CCO2)n1. The lowest BCUT2D eigenvalue weighted by atomic mass is 10.2. The molecule has 1 aliphatic rings. The van der Waals surface area contributed by atoms with E-state index < -0.39 is 5.82 Å². The minimum Gasteiger partial charge on any atom is -0.466 e. The molecule has 174 valence electrons. The maximum absolute atomic E-state index is 13.3. The predicted octanol–water partition coefficient (Wildman–Crippen LogP) is 3.15. The molecule has 0 aliphatic carbocycles. The molecular formula is C21H25ClFN3O4S2. The van der Waals surface area contributed by atoms with E-state index in [-0.39, 0.29) is 35.2 Å². The number of amides is 1. The summed E-state index contributed by atoms with van der Waals surface area (Å²) in [5.74, 6) is -0.611. The van der Waals surface area contributed by atoms with Crippen LogP contribution in [0.3, 0.4) is 0 Å². The molecule has 0 spiro atoms. The van der Waals surface area contributed by atoms with Crippen LogP contribution in [0.4, 0.5) is 4.39 Å². The van der Waals surface area contributed by atoms with E-state index in [4.69, 9.17) is 21.1 Å². The number of rotatable bonds is 10. The van der Waals surface area contributed by atoms with Crippen molar-refractivity contribution in [2.24, 2.45) is 0 Å². The summed E-state index contributed by atoms with van der Waals surface area (Å²) in [6.45, 7) is 5.13. The molecule has 1 N–H and O–H groups in total. The second-order valence-corrected chi connectivity index (χ2v) is 9.64. The largest absolute Gasteiger partial charge is 0.466 e. The first-order chi connectivity index (χ1) is 15.4. The maximum atomic E-state index is 13.3. The lowest BCUT2D eigenvalue weighted by Crippen LogP contribution is -2.47. The van der Waals surface area contributed by atoms with Crippen molar-refractivity contribution in [2.45, 2.75) is 30.3 Å². The predicted molar refractivity (Wildman–Crippen MR) is 123 cm³/mol. The van der Waals surface area contributed by atoms with Crippen LogP contribution in [-0.4, -0.2) is 66.5 Å². The molecule has 1 fully saturated rings. The molecule has 2 aromatic rings. The lowest BCUT2D eigenvalue weighted by molar-refractivity contribution is -0.142. The third kappa shape index (κ3) is 8.00. The number of thiazole rings is 1. The van der Waals surface area contributed by atoms with E-state index in [2.05, 4.69) is 15.2 Å². The van der Waals surface area contributed by atoms with Gasteiger partial charge in [-0.2, -0.15) is 0 Å². The van der Waals surface area contributed by atoms with Crippen LogP contribution < -0.4 is 5.32 Å². The smallest absolute Gasteiger partial charge is 0.311 e. The zero-order valence-electron chi connectivity index (χ0n) is 17.6. The first-order valence-corrected chi connectivity index (χ1v) is 12.4. The number of aromatic nitrogens is 1. The molecule has 7 nitrogen and oxygen atoms in total. The number of carbonyl (C=O) groups excluding carboxylic acids is 2. The second-order valence-electron chi connectivity index (χ2n) is 7.16. The van der Waals surface area contributed by atoms with Gasteiger partial charge in [0.15, 0.2) is 4.34 Å². The summed E-state index contributed by atoms with van der Waals surface area (Å²) in [5.41, 5.74) is 1.58. The number of hydrogen-bond acceptors (Lipinski definition) is 8. The summed E-state index contributed by atoms with van der Waals surface area (Å²) < 4.78 is 24.7. The zero-order valence-corrected chi connectivity index (χ0v) is 20.0. The van der Waals surface area contributed by atoms with Crippen LogP contribution in [0.15, 0.2) is 27.9 Å². The van der Waals surface area contributed by atoms with Gasteiger partial charge in [0.05, 0.1) is 42.2 Å². The average molecular weight is 502 g/mol. The normalized spacial score (nSPS) is 16.7. The minimum atomic E-state index is -0.427. The number of benzene rings is 1. The summed E-state index contributed by atoms with van der Waals surface area (Å²) in [4.78, 5) is 30.3. The summed E-state index contributed by atoms with van der Waals surface area (Å²) >= 11 is 8.59. The molecule has 1 aromatic heterocycles. The van der Waals surface area contributed by atoms with Crippen molar-refractivity contribution in [2.75, 3.05) is 38.6 Å². The first-order valence-electron chi connectivity index (χ1n) is 10.2. The Kier molecular flexibility index (Phi) is 9.73. The third-order valence-electron chi connectivity index (χ3n) is 4.63. The van der Waals surface area contributed by atoms with Crippen LogP contribution in [0, 0.1) is 5.82 Å². The van der Waals surface area contributed by atoms with Gasteiger partial charge in [0.2, 0.25) is 5.91 Å². The number of carbonyl (C=O) groups is 2. The fourth-order valence-corrected chi connectivity index (χ4v) is 5.02. The van der Waals surface area contributed by atoms with Gasteiger partial charge in [-0.3, -0.25) is 14.5 Å². The molecule has 1 aliphatic heterocycles. The van der Waals surface area contributed by atoms with E-state index in [1.54, 1.807) is 24.4 Å². The molecule has 11 heteroatoms. The number of nitrogens with one attached hydrogen (secondary N) is 1. The standard InChI is InChI=1S/C21H25ClFN3O4S2/c1-2-29-20(28)8-15-12-31-21(25-15)32-13-19(27)24-9-16-11-26(5-6-30-16)10-14-3-4-18(23)17(22)7-14/h3-4,7,12,16H,2,5-6,8-11,13H2,1H3,(H,24,27)/t16-/m0/s1. The summed E-state index contributed by atoms with van der Waals surface area (Å²) in [5, 5.41) is 4.82. The molecule has 1 aromatic carbocycles. The monoisotopic (exact) mass is 501 g/mol. The van der Waals surface area contributed by atoms with E-state index in [0.717, 1.165) is 16.4 Å². The highest BCUT2D eigenvalue weighted by molar-refractivity contribution is 8.01. The zero-order chi connectivity index (χ0) is 22.9. The molecule has 0 radical (unpaired) electrons. The van der Waals surface area contributed by atoms with Gasteiger partial charge in [0, 0.05) is 31.6 Å². The van der Waals surface area contributed by atoms with Crippen molar-refractivity contribution in [1.82, 2.24) is 15.2 Å². The van der Waals surface area contributed by atoms with Crippen molar-refractivity contribution < 1.29 is 23.5 Å². The topological polar surface area (TPSA) is 80.8 Å². The van der Waals surface area contributed by atoms with Gasteiger partial charge in [-0.25, -0.2) is 9.37 Å². The van der Waals surface area contributed by atoms with Crippen LogP contribution >= 0.6 is 34.7 Å². The van der Waals surface area contributed by atoms with Gasteiger partial charge < -0.3 is 14.8 Å². The number of hydrogen-bond donors (Lipinski definition) is 1.